The topological polar surface area (TPSA) is 15.3 Å². The van der Waals surface area contributed by atoms with Gasteiger partial charge in [0.1, 0.15) is 0 Å². The summed E-state index contributed by atoms with van der Waals surface area (Å²) in [7, 11) is 2.11. The van der Waals surface area contributed by atoms with E-state index in [0.717, 1.165) is 44.1 Å². The van der Waals surface area contributed by atoms with E-state index in [1.54, 1.807) is 6.07 Å². The van der Waals surface area contributed by atoms with Gasteiger partial charge in [0.25, 0.3) is 0 Å². The second-order valence-corrected chi connectivity index (χ2v) is 8.66. The lowest BCUT2D eigenvalue weighted by molar-refractivity contribution is -0.137. The molecule has 1 aliphatic heterocycles. The third-order valence-electron chi connectivity index (χ3n) is 6.50. The average Bonchev–Trinajstić information content (AvgIpc) is 2.74. The fourth-order valence-electron chi connectivity index (χ4n) is 4.46. The maximum absolute atomic E-state index is 13.5. The Morgan fingerprint density at radius 3 is 2.39 bits per heavy atom. The van der Waals surface area contributed by atoms with Crippen molar-refractivity contribution in [3.8, 4) is 12.3 Å². The number of rotatable bonds is 6. The number of likely N-dealkylation sites (tertiary alicyclic amines) is 1. The summed E-state index contributed by atoms with van der Waals surface area (Å²) in [6.07, 6.45) is 3.56. The second kappa shape index (κ2) is 9.20. The van der Waals surface area contributed by atoms with E-state index in [1.165, 1.54) is 11.6 Å². The Morgan fingerprint density at radius 2 is 1.81 bits per heavy atom. The highest BCUT2D eigenvalue weighted by molar-refractivity contribution is 5.56. The molecule has 0 amide bonds. The van der Waals surface area contributed by atoms with Crippen molar-refractivity contribution in [1.29, 1.82) is 0 Å². The summed E-state index contributed by atoms with van der Waals surface area (Å²) < 4.78 is 40.4. The smallest absolute Gasteiger partial charge is 0.359 e. The van der Waals surface area contributed by atoms with Gasteiger partial charge in [-0.05, 0) is 69.1 Å². The number of nitrogens with zero attached hydrogens (tertiary/aromatic N) is 1. The standard InChI is InChI=1S/C26H29F3N2/c1-5-21-11-12-23(17-24(21)26(27,28)29)30-19(2)25(3,18-20-9-7-6-8-10-20)22-13-15-31(4)16-14-22/h1,6-12,17,22,30H,2,13-16,18H2,3-4H3. The molecule has 164 valence electrons. The average molecular weight is 427 g/mol. The van der Waals surface area contributed by atoms with E-state index >= 15 is 0 Å². The molecule has 1 saturated heterocycles. The zero-order valence-corrected chi connectivity index (χ0v) is 18.1. The van der Waals surface area contributed by atoms with Crippen molar-refractivity contribution in [2.45, 2.75) is 32.4 Å². The molecule has 0 spiro atoms. The van der Waals surface area contributed by atoms with Crippen molar-refractivity contribution in [2.75, 3.05) is 25.5 Å². The highest BCUT2D eigenvalue weighted by atomic mass is 19.4. The molecule has 2 nitrogen and oxygen atoms in total. The van der Waals surface area contributed by atoms with E-state index < -0.39 is 11.7 Å². The van der Waals surface area contributed by atoms with Crippen LogP contribution in [0.3, 0.4) is 0 Å². The first kappa shape index (κ1) is 23.0. The molecule has 0 aliphatic carbocycles. The summed E-state index contributed by atoms with van der Waals surface area (Å²) in [5, 5.41) is 3.20. The van der Waals surface area contributed by atoms with Gasteiger partial charge in [-0.15, -0.1) is 6.42 Å². The van der Waals surface area contributed by atoms with Gasteiger partial charge < -0.3 is 10.2 Å². The van der Waals surface area contributed by atoms with Crippen LogP contribution in [0.4, 0.5) is 18.9 Å². The molecule has 2 aromatic rings. The van der Waals surface area contributed by atoms with Crippen LogP contribution in [0.5, 0.6) is 0 Å². The lowest BCUT2D eigenvalue weighted by Gasteiger charge is -2.44. The number of halogens is 3. The first-order chi connectivity index (χ1) is 14.6. The summed E-state index contributed by atoms with van der Waals surface area (Å²) in [5.74, 6) is 2.50. The maximum atomic E-state index is 13.5. The summed E-state index contributed by atoms with van der Waals surface area (Å²) in [6.45, 7) is 8.47. The van der Waals surface area contributed by atoms with Crippen LogP contribution in [0.2, 0.25) is 0 Å². The first-order valence-corrected chi connectivity index (χ1v) is 10.5. The normalized spacial score (nSPS) is 17.5. The molecule has 0 saturated carbocycles. The molecule has 31 heavy (non-hydrogen) atoms. The molecule has 1 atom stereocenters. The van der Waals surface area contributed by atoms with Crippen molar-refractivity contribution in [1.82, 2.24) is 4.90 Å². The number of terminal acetylenes is 1. The van der Waals surface area contributed by atoms with Crippen molar-refractivity contribution in [2.24, 2.45) is 11.3 Å². The van der Waals surface area contributed by atoms with Crippen LogP contribution in [0.15, 0.2) is 60.8 Å². The number of alkyl halides is 3. The Kier molecular flexibility index (Phi) is 6.81. The van der Waals surface area contributed by atoms with E-state index in [2.05, 4.69) is 48.8 Å². The van der Waals surface area contributed by atoms with E-state index in [1.807, 2.05) is 18.2 Å². The van der Waals surface area contributed by atoms with Gasteiger partial charge in [-0.2, -0.15) is 13.2 Å². The van der Waals surface area contributed by atoms with Crippen LogP contribution in [0.1, 0.15) is 36.5 Å². The van der Waals surface area contributed by atoms with Crippen LogP contribution in [-0.2, 0) is 12.6 Å². The number of anilines is 1. The third kappa shape index (κ3) is 5.32. The van der Waals surface area contributed by atoms with Crippen molar-refractivity contribution in [3.05, 3.63) is 77.5 Å². The molecule has 1 heterocycles. The molecule has 0 radical (unpaired) electrons. The largest absolute Gasteiger partial charge is 0.417 e. The van der Waals surface area contributed by atoms with E-state index in [9.17, 15) is 13.2 Å². The second-order valence-electron chi connectivity index (χ2n) is 8.66. The fourth-order valence-corrected chi connectivity index (χ4v) is 4.46. The number of hydrogen-bond donors (Lipinski definition) is 1. The summed E-state index contributed by atoms with van der Waals surface area (Å²) in [5.41, 5.74) is 0.982. The maximum Gasteiger partial charge on any atom is 0.417 e. The molecule has 3 rings (SSSR count). The van der Waals surface area contributed by atoms with Crippen molar-refractivity contribution in [3.63, 3.8) is 0 Å². The number of benzene rings is 2. The van der Waals surface area contributed by atoms with Gasteiger partial charge in [-0.25, -0.2) is 0 Å². The van der Waals surface area contributed by atoms with Crippen LogP contribution >= 0.6 is 0 Å². The minimum Gasteiger partial charge on any atom is -0.359 e. The molecule has 5 heteroatoms. The highest BCUT2D eigenvalue weighted by Gasteiger charge is 2.39. The zero-order valence-electron chi connectivity index (χ0n) is 18.1. The minimum atomic E-state index is -4.51. The van der Waals surface area contributed by atoms with Crippen molar-refractivity contribution >= 4 is 5.69 Å². The monoisotopic (exact) mass is 426 g/mol. The van der Waals surface area contributed by atoms with E-state index in [-0.39, 0.29) is 11.0 Å². The molecular formula is C26H29F3N2. The minimum absolute atomic E-state index is 0.161. The van der Waals surface area contributed by atoms with Crippen LogP contribution in [0.25, 0.3) is 0 Å². The molecule has 1 aliphatic rings. The van der Waals surface area contributed by atoms with Crippen LogP contribution < -0.4 is 5.32 Å². The van der Waals surface area contributed by atoms with Gasteiger partial charge in [0.2, 0.25) is 0 Å². The molecule has 2 aromatic carbocycles. The quantitative estimate of drug-likeness (QED) is 0.553. The van der Waals surface area contributed by atoms with Crippen molar-refractivity contribution < 1.29 is 13.2 Å². The molecular weight excluding hydrogens is 397 g/mol. The Balaban J connectivity index is 1.91. The Morgan fingerprint density at radius 1 is 1.16 bits per heavy atom. The predicted molar refractivity (Wildman–Crippen MR) is 121 cm³/mol. The lowest BCUT2D eigenvalue weighted by atomic mass is 9.67. The lowest BCUT2D eigenvalue weighted by Crippen LogP contribution is -2.41. The van der Waals surface area contributed by atoms with Gasteiger partial charge in [0.15, 0.2) is 0 Å². The number of hydrogen-bond acceptors (Lipinski definition) is 2. The summed E-state index contributed by atoms with van der Waals surface area (Å²) in [4.78, 5) is 2.31. The van der Waals surface area contributed by atoms with Gasteiger partial charge >= 0.3 is 6.18 Å². The summed E-state index contributed by atoms with van der Waals surface area (Å²) >= 11 is 0. The van der Waals surface area contributed by atoms with E-state index in [4.69, 9.17) is 6.42 Å². The van der Waals surface area contributed by atoms with Crippen LogP contribution in [0, 0.1) is 23.7 Å². The fraction of sp³-hybridized carbons (Fsp3) is 0.385. The molecule has 1 fully saturated rings. The number of nitrogens with one attached hydrogen (secondary N) is 1. The SMILES string of the molecule is C#Cc1ccc(NC(=C)C(C)(Cc2ccccc2)C2CCN(C)CC2)cc1C(F)(F)F. The molecule has 0 aromatic heterocycles. The molecule has 1 unspecified atom stereocenters. The van der Waals surface area contributed by atoms with Gasteiger partial charge in [-0.1, -0.05) is 49.8 Å². The predicted octanol–water partition coefficient (Wildman–Crippen LogP) is 6.20. The van der Waals surface area contributed by atoms with Gasteiger partial charge in [0, 0.05) is 22.4 Å². The Hall–Kier alpha value is -2.71. The summed E-state index contributed by atoms with van der Waals surface area (Å²) in [6, 6.07) is 14.2. The Labute approximate surface area is 183 Å². The van der Waals surface area contributed by atoms with Gasteiger partial charge in [-0.3, -0.25) is 0 Å². The number of allylic oxidation sites excluding steroid dienone is 1. The van der Waals surface area contributed by atoms with Crippen LogP contribution in [-0.4, -0.2) is 25.0 Å². The van der Waals surface area contributed by atoms with Gasteiger partial charge in [0.05, 0.1) is 5.56 Å². The number of piperidine rings is 1. The Bertz CT molecular complexity index is 951. The molecule has 0 bridgehead atoms. The zero-order chi connectivity index (χ0) is 22.6. The molecule has 1 N–H and O–H groups in total. The third-order valence-corrected chi connectivity index (χ3v) is 6.50. The first-order valence-electron chi connectivity index (χ1n) is 10.5. The van der Waals surface area contributed by atoms with E-state index in [0.29, 0.717) is 11.6 Å². The highest BCUT2D eigenvalue weighted by Crippen LogP contribution is 2.44.